The van der Waals surface area contributed by atoms with Gasteiger partial charge in [0.25, 0.3) is 0 Å². The zero-order valence-electron chi connectivity index (χ0n) is 17.5. The zero-order valence-corrected chi connectivity index (χ0v) is 17.5. The number of carboxylic acid groups (broad SMARTS) is 1. The van der Waals surface area contributed by atoms with Crippen LogP contribution in [0, 0.1) is 6.92 Å². The van der Waals surface area contributed by atoms with E-state index >= 15 is 0 Å². The van der Waals surface area contributed by atoms with E-state index in [4.69, 9.17) is 15.6 Å². The van der Waals surface area contributed by atoms with Gasteiger partial charge in [-0.3, -0.25) is 9.59 Å². The van der Waals surface area contributed by atoms with Gasteiger partial charge in [-0.15, -0.1) is 0 Å². The fourth-order valence-corrected chi connectivity index (χ4v) is 3.22. The standard InChI is InChI=1S/C20H21N3O2.C2HF3O2/c1-13-15-5-3-4-6-17(15)23(2)18-9-7-14(11-16(13)18)8-10-20(25)22-12-19(21)24;3-2(4,5)1(6)7/h3-7,9,11H,8,10,12H2,1-2H3,(H2-,21,22,24,25);(H,6,7). The lowest BCUT2D eigenvalue weighted by Gasteiger charge is -2.08. The number of aliphatic carboxylic acids is 1. The number of carbonyl (C=O) groups excluding carboxylic acids is 3. The molecule has 0 bridgehead atoms. The number of benzene rings is 2. The Morgan fingerprint density at radius 2 is 1.66 bits per heavy atom. The Bertz CT molecular complexity index is 1180. The van der Waals surface area contributed by atoms with Gasteiger partial charge in [0, 0.05) is 23.9 Å². The molecule has 0 aliphatic carbocycles. The number of hydrogen-bond acceptors (Lipinski definition) is 4. The van der Waals surface area contributed by atoms with E-state index in [1.54, 1.807) is 0 Å². The third kappa shape index (κ3) is 6.16. The molecular weight excluding hydrogens is 427 g/mol. The molecule has 170 valence electrons. The maximum Gasteiger partial charge on any atom is 0.430 e. The first-order valence-corrected chi connectivity index (χ1v) is 9.55. The van der Waals surface area contributed by atoms with Crippen LogP contribution in [0.1, 0.15) is 17.5 Å². The highest BCUT2D eigenvalue weighted by Crippen LogP contribution is 2.25. The maximum atomic E-state index is 11.8. The van der Waals surface area contributed by atoms with Crippen LogP contribution in [0.4, 0.5) is 13.2 Å². The minimum Gasteiger partial charge on any atom is -0.542 e. The lowest BCUT2D eigenvalue weighted by atomic mass is 10.00. The van der Waals surface area contributed by atoms with E-state index < -0.39 is 18.1 Å². The van der Waals surface area contributed by atoms with Gasteiger partial charge in [-0.1, -0.05) is 18.2 Å². The Kier molecular flexibility index (Phi) is 7.74. The van der Waals surface area contributed by atoms with Gasteiger partial charge in [0.2, 0.25) is 22.8 Å². The van der Waals surface area contributed by atoms with E-state index in [9.17, 15) is 22.8 Å². The average molecular weight is 449 g/mol. The van der Waals surface area contributed by atoms with Crippen molar-refractivity contribution in [2.45, 2.75) is 25.9 Å². The molecule has 0 atom stereocenters. The summed E-state index contributed by atoms with van der Waals surface area (Å²) >= 11 is 0. The molecule has 0 aliphatic heterocycles. The van der Waals surface area contributed by atoms with Crippen molar-refractivity contribution in [1.29, 1.82) is 0 Å². The van der Waals surface area contributed by atoms with E-state index in [0.717, 1.165) is 11.1 Å². The minimum absolute atomic E-state index is 0.114. The number of nitrogens with one attached hydrogen (secondary N) is 1. The molecule has 1 aromatic heterocycles. The van der Waals surface area contributed by atoms with Crippen LogP contribution in [0.15, 0.2) is 42.5 Å². The highest BCUT2D eigenvalue weighted by molar-refractivity contribution is 5.94. The van der Waals surface area contributed by atoms with Crippen LogP contribution >= 0.6 is 0 Å². The smallest absolute Gasteiger partial charge is 0.430 e. The predicted octanol–water partition coefficient (Wildman–Crippen LogP) is 0.959. The Hall–Kier alpha value is -3.69. The molecule has 0 aliphatic rings. The summed E-state index contributed by atoms with van der Waals surface area (Å²) in [7, 11) is 2.07. The molecule has 3 N–H and O–H groups in total. The summed E-state index contributed by atoms with van der Waals surface area (Å²) in [6, 6.07) is 14.7. The topological polar surface area (TPSA) is 116 Å². The normalized spacial score (nSPS) is 11.0. The number of rotatable bonds is 5. The number of alkyl halides is 3. The molecule has 0 spiro atoms. The number of halogens is 3. The molecule has 0 saturated carbocycles. The zero-order chi connectivity index (χ0) is 24.1. The molecule has 7 nitrogen and oxygen atoms in total. The molecule has 3 aromatic rings. The monoisotopic (exact) mass is 449 g/mol. The summed E-state index contributed by atoms with van der Waals surface area (Å²) < 4.78 is 33.7. The SMILES string of the molecule is Cc1c2ccccc2[n+](C)c2ccc(CCC(=O)NCC(N)=O)cc12.O=C([O-])C(F)(F)F. The van der Waals surface area contributed by atoms with Crippen molar-refractivity contribution in [2.24, 2.45) is 12.8 Å². The Morgan fingerprint density at radius 3 is 2.25 bits per heavy atom. The average Bonchev–Trinajstić information content (AvgIpc) is 2.74. The molecule has 3 rings (SSSR count). The molecule has 2 aromatic carbocycles. The van der Waals surface area contributed by atoms with E-state index in [0.29, 0.717) is 12.8 Å². The molecule has 10 heteroatoms. The van der Waals surface area contributed by atoms with Crippen molar-refractivity contribution in [3.05, 3.63) is 53.6 Å². The van der Waals surface area contributed by atoms with E-state index in [-0.39, 0.29) is 12.5 Å². The molecule has 0 unspecified atom stereocenters. The fraction of sp³-hybridized carbons (Fsp3) is 0.273. The van der Waals surface area contributed by atoms with Crippen LogP contribution in [0.2, 0.25) is 0 Å². The quantitative estimate of drug-likeness (QED) is 0.446. The second-order valence-corrected chi connectivity index (χ2v) is 7.08. The van der Waals surface area contributed by atoms with Gasteiger partial charge >= 0.3 is 6.18 Å². The first-order valence-electron chi connectivity index (χ1n) is 9.55. The van der Waals surface area contributed by atoms with Gasteiger partial charge < -0.3 is 21.0 Å². The second kappa shape index (κ2) is 10.1. The van der Waals surface area contributed by atoms with Crippen molar-refractivity contribution in [2.75, 3.05) is 6.54 Å². The third-order valence-corrected chi connectivity index (χ3v) is 4.83. The number of fused-ring (bicyclic) bond motifs is 2. The Labute approximate surface area is 181 Å². The number of aryl methyl sites for hydroxylation is 3. The molecule has 0 fully saturated rings. The van der Waals surface area contributed by atoms with E-state index in [2.05, 4.69) is 54.2 Å². The van der Waals surface area contributed by atoms with Crippen LogP contribution in [0.3, 0.4) is 0 Å². The number of primary amides is 1. The van der Waals surface area contributed by atoms with Crippen molar-refractivity contribution in [1.82, 2.24) is 5.32 Å². The number of amides is 2. The van der Waals surface area contributed by atoms with Crippen molar-refractivity contribution < 1.29 is 37.2 Å². The number of carbonyl (C=O) groups is 3. The van der Waals surface area contributed by atoms with Gasteiger partial charge in [-0.05, 0) is 36.6 Å². The summed E-state index contributed by atoms with van der Waals surface area (Å²) in [5.74, 6) is -3.71. The second-order valence-electron chi connectivity index (χ2n) is 7.08. The van der Waals surface area contributed by atoms with Gasteiger partial charge in [-0.2, -0.15) is 17.7 Å². The van der Waals surface area contributed by atoms with Crippen LogP contribution in [-0.2, 0) is 27.9 Å². The molecule has 32 heavy (non-hydrogen) atoms. The number of pyridine rings is 1. The molecular formula is C22H22F3N3O4. The fourth-order valence-electron chi connectivity index (χ4n) is 3.22. The van der Waals surface area contributed by atoms with Crippen molar-refractivity contribution in [3.8, 4) is 0 Å². The van der Waals surface area contributed by atoms with E-state index in [1.807, 2.05) is 12.1 Å². The van der Waals surface area contributed by atoms with Crippen LogP contribution in [0.5, 0.6) is 0 Å². The largest absolute Gasteiger partial charge is 0.542 e. The molecule has 0 saturated heterocycles. The van der Waals surface area contributed by atoms with Gasteiger partial charge in [0.05, 0.1) is 11.9 Å². The van der Waals surface area contributed by atoms with Gasteiger partial charge in [0.15, 0.2) is 0 Å². The van der Waals surface area contributed by atoms with Crippen LogP contribution in [-0.4, -0.2) is 30.5 Å². The summed E-state index contributed by atoms with van der Waals surface area (Å²) in [4.78, 5) is 31.2. The molecule has 0 radical (unpaired) electrons. The lowest BCUT2D eigenvalue weighted by molar-refractivity contribution is -0.617. The molecule has 1 heterocycles. The summed E-state index contributed by atoms with van der Waals surface area (Å²) in [6.07, 6.45) is -4.24. The van der Waals surface area contributed by atoms with Crippen molar-refractivity contribution in [3.63, 3.8) is 0 Å². The maximum absolute atomic E-state index is 11.8. The summed E-state index contributed by atoms with van der Waals surface area (Å²) in [5, 5.41) is 13.7. The van der Waals surface area contributed by atoms with Gasteiger partial charge in [-0.25, -0.2) is 0 Å². The number of carboxylic acids is 1. The summed E-state index contributed by atoms with van der Waals surface area (Å²) in [5.41, 5.74) is 9.73. The van der Waals surface area contributed by atoms with Crippen LogP contribution < -0.4 is 20.7 Å². The first kappa shape index (κ1) is 24.6. The number of hydrogen-bond donors (Lipinski definition) is 2. The lowest BCUT2D eigenvalue weighted by Crippen LogP contribution is -2.37. The number of para-hydroxylation sites is 1. The highest BCUT2D eigenvalue weighted by atomic mass is 19.4. The number of aromatic nitrogens is 1. The summed E-state index contributed by atoms with van der Waals surface area (Å²) in [6.45, 7) is 2.02. The number of nitrogens with zero attached hydrogens (tertiary/aromatic N) is 1. The first-order chi connectivity index (χ1) is 14.9. The predicted molar refractivity (Wildman–Crippen MR) is 109 cm³/mol. The van der Waals surface area contributed by atoms with Crippen LogP contribution in [0.25, 0.3) is 21.8 Å². The Balaban J connectivity index is 0.000000451. The highest BCUT2D eigenvalue weighted by Gasteiger charge is 2.28. The minimum atomic E-state index is -5.19. The Morgan fingerprint density at radius 1 is 1.06 bits per heavy atom. The van der Waals surface area contributed by atoms with E-state index in [1.165, 1.54) is 21.9 Å². The molecule has 2 amide bonds. The van der Waals surface area contributed by atoms with Gasteiger partial charge in [0.1, 0.15) is 13.0 Å². The van der Waals surface area contributed by atoms with Crippen molar-refractivity contribution >= 4 is 39.6 Å². The number of nitrogens with two attached hydrogens (primary N) is 1. The third-order valence-electron chi connectivity index (χ3n) is 4.83.